The SMILES string of the molecule is C/C=C/CC(C(=O)[O-])C(C)C(=O)[O-]. The first-order valence-corrected chi connectivity index (χ1v) is 4.03. The minimum atomic E-state index is -1.36. The summed E-state index contributed by atoms with van der Waals surface area (Å²) in [6, 6.07) is 0. The number of carbonyl (C=O) groups excluding carboxylic acids is 2. The van der Waals surface area contributed by atoms with Crippen molar-refractivity contribution in [2.75, 3.05) is 0 Å². The van der Waals surface area contributed by atoms with Gasteiger partial charge in [-0.2, -0.15) is 0 Å². The van der Waals surface area contributed by atoms with Crippen LogP contribution in [0.1, 0.15) is 20.3 Å². The molecule has 0 aromatic carbocycles. The van der Waals surface area contributed by atoms with E-state index < -0.39 is 23.8 Å². The third-order valence-electron chi connectivity index (χ3n) is 1.90. The highest BCUT2D eigenvalue weighted by Crippen LogP contribution is 2.15. The largest absolute Gasteiger partial charge is 0.550 e. The van der Waals surface area contributed by atoms with Gasteiger partial charge in [0, 0.05) is 23.8 Å². The van der Waals surface area contributed by atoms with Crippen molar-refractivity contribution in [3.05, 3.63) is 12.2 Å². The summed E-state index contributed by atoms with van der Waals surface area (Å²) >= 11 is 0. The molecule has 0 bridgehead atoms. The van der Waals surface area contributed by atoms with Gasteiger partial charge >= 0.3 is 0 Å². The molecule has 4 heteroatoms. The molecule has 0 aliphatic heterocycles. The third kappa shape index (κ3) is 3.73. The van der Waals surface area contributed by atoms with E-state index in [0.29, 0.717) is 0 Å². The maximum absolute atomic E-state index is 10.5. The van der Waals surface area contributed by atoms with Crippen LogP contribution in [0.3, 0.4) is 0 Å². The molecule has 0 saturated carbocycles. The molecule has 13 heavy (non-hydrogen) atoms. The molecular formula is C9H12O4-2. The summed E-state index contributed by atoms with van der Waals surface area (Å²) in [5.74, 6) is -4.75. The first-order valence-electron chi connectivity index (χ1n) is 4.03. The Bertz CT molecular complexity index is 220. The summed E-state index contributed by atoms with van der Waals surface area (Å²) in [6.07, 6.45) is 3.42. The van der Waals surface area contributed by atoms with E-state index in [-0.39, 0.29) is 6.42 Å². The van der Waals surface area contributed by atoms with Crippen LogP contribution in [0.4, 0.5) is 0 Å². The zero-order valence-electron chi connectivity index (χ0n) is 7.65. The summed E-state index contributed by atoms with van der Waals surface area (Å²) in [6.45, 7) is 3.04. The van der Waals surface area contributed by atoms with Crippen molar-refractivity contribution in [2.24, 2.45) is 11.8 Å². The zero-order chi connectivity index (χ0) is 10.4. The molecule has 74 valence electrons. The van der Waals surface area contributed by atoms with Crippen molar-refractivity contribution in [3.63, 3.8) is 0 Å². The topological polar surface area (TPSA) is 80.3 Å². The van der Waals surface area contributed by atoms with Crippen molar-refractivity contribution in [1.29, 1.82) is 0 Å². The normalized spacial score (nSPS) is 15.5. The number of carboxylic acid groups (broad SMARTS) is 2. The lowest BCUT2D eigenvalue weighted by Gasteiger charge is -2.24. The van der Waals surface area contributed by atoms with E-state index in [1.165, 1.54) is 6.92 Å². The number of carbonyl (C=O) groups is 2. The summed E-state index contributed by atoms with van der Waals surface area (Å²) < 4.78 is 0. The minimum Gasteiger partial charge on any atom is -0.550 e. The molecular weight excluding hydrogens is 172 g/mol. The standard InChI is InChI=1S/C9H14O4/c1-3-4-5-7(9(12)13)6(2)8(10)11/h3-4,6-7H,5H2,1-2H3,(H,10,11)(H,12,13)/p-2/b4-3+. The molecule has 2 unspecified atom stereocenters. The molecule has 0 aromatic heterocycles. The van der Waals surface area contributed by atoms with Gasteiger partial charge in [-0.15, -0.1) is 0 Å². The molecule has 4 nitrogen and oxygen atoms in total. The van der Waals surface area contributed by atoms with Crippen LogP contribution in [0.25, 0.3) is 0 Å². The molecule has 0 aliphatic rings. The first kappa shape index (κ1) is 11.7. The van der Waals surface area contributed by atoms with Gasteiger partial charge in [-0.1, -0.05) is 19.1 Å². The predicted octanol–water partition coefficient (Wildman–Crippen LogP) is -1.30. The molecule has 0 aromatic rings. The number of allylic oxidation sites excluding steroid dienone is 2. The van der Waals surface area contributed by atoms with Crippen LogP contribution < -0.4 is 10.2 Å². The highest BCUT2D eigenvalue weighted by molar-refractivity contribution is 5.77. The second-order valence-electron chi connectivity index (χ2n) is 2.84. The number of carboxylic acids is 2. The lowest BCUT2D eigenvalue weighted by molar-refractivity contribution is -0.326. The van der Waals surface area contributed by atoms with Crippen molar-refractivity contribution >= 4 is 11.9 Å². The van der Waals surface area contributed by atoms with Crippen LogP contribution in [-0.2, 0) is 9.59 Å². The fraction of sp³-hybridized carbons (Fsp3) is 0.556. The van der Waals surface area contributed by atoms with Gasteiger partial charge in [0.1, 0.15) is 0 Å². The molecule has 0 heterocycles. The van der Waals surface area contributed by atoms with Gasteiger partial charge in [-0.05, 0) is 13.3 Å². The van der Waals surface area contributed by atoms with Gasteiger partial charge in [0.05, 0.1) is 0 Å². The van der Waals surface area contributed by atoms with Crippen LogP contribution in [0.15, 0.2) is 12.2 Å². The van der Waals surface area contributed by atoms with E-state index in [2.05, 4.69) is 0 Å². The fourth-order valence-electron chi connectivity index (χ4n) is 0.951. The fourth-order valence-corrected chi connectivity index (χ4v) is 0.951. The predicted molar refractivity (Wildman–Crippen MR) is 42.1 cm³/mol. The molecule has 0 aliphatic carbocycles. The van der Waals surface area contributed by atoms with Crippen molar-refractivity contribution < 1.29 is 19.8 Å². The van der Waals surface area contributed by atoms with Gasteiger partial charge in [0.15, 0.2) is 0 Å². The Morgan fingerprint density at radius 3 is 2.15 bits per heavy atom. The molecule has 0 fully saturated rings. The van der Waals surface area contributed by atoms with Crippen LogP contribution in [0.2, 0.25) is 0 Å². The summed E-state index contributed by atoms with van der Waals surface area (Å²) in [7, 11) is 0. The maximum atomic E-state index is 10.5. The van der Waals surface area contributed by atoms with Crippen molar-refractivity contribution in [2.45, 2.75) is 20.3 Å². The van der Waals surface area contributed by atoms with E-state index in [9.17, 15) is 19.8 Å². The molecule has 0 radical (unpaired) electrons. The van der Waals surface area contributed by atoms with Crippen LogP contribution in [0.5, 0.6) is 0 Å². The van der Waals surface area contributed by atoms with Gasteiger partial charge in [0.2, 0.25) is 0 Å². The summed E-state index contributed by atoms with van der Waals surface area (Å²) in [5, 5.41) is 20.9. The average molecular weight is 184 g/mol. The Morgan fingerprint density at radius 2 is 1.85 bits per heavy atom. The molecule has 0 spiro atoms. The summed E-state index contributed by atoms with van der Waals surface area (Å²) in [4.78, 5) is 20.9. The van der Waals surface area contributed by atoms with Crippen LogP contribution in [0, 0.1) is 11.8 Å². The van der Waals surface area contributed by atoms with Gasteiger partial charge < -0.3 is 19.8 Å². The Hall–Kier alpha value is -1.32. The zero-order valence-corrected chi connectivity index (χ0v) is 7.65. The van der Waals surface area contributed by atoms with E-state index >= 15 is 0 Å². The quantitative estimate of drug-likeness (QED) is 0.497. The van der Waals surface area contributed by atoms with Gasteiger partial charge in [0.25, 0.3) is 0 Å². The second kappa shape index (κ2) is 5.35. The van der Waals surface area contributed by atoms with Gasteiger partial charge in [-0.3, -0.25) is 0 Å². The Kier molecular flexibility index (Phi) is 4.80. The number of hydrogen-bond acceptors (Lipinski definition) is 4. The average Bonchev–Trinajstić information content (AvgIpc) is 2.04. The number of rotatable bonds is 5. The Balaban J connectivity index is 4.41. The Labute approximate surface area is 76.9 Å². The van der Waals surface area contributed by atoms with E-state index in [1.54, 1.807) is 19.1 Å². The highest BCUT2D eigenvalue weighted by Gasteiger charge is 2.17. The van der Waals surface area contributed by atoms with Crippen molar-refractivity contribution in [3.8, 4) is 0 Å². The van der Waals surface area contributed by atoms with Gasteiger partial charge in [-0.25, -0.2) is 0 Å². The summed E-state index contributed by atoms with van der Waals surface area (Å²) in [5.41, 5.74) is 0. The van der Waals surface area contributed by atoms with Crippen LogP contribution >= 0.6 is 0 Å². The molecule has 0 N–H and O–H groups in total. The monoisotopic (exact) mass is 184 g/mol. The van der Waals surface area contributed by atoms with E-state index in [4.69, 9.17) is 0 Å². The number of aliphatic carboxylic acids is 2. The van der Waals surface area contributed by atoms with E-state index in [0.717, 1.165) is 0 Å². The van der Waals surface area contributed by atoms with Crippen LogP contribution in [-0.4, -0.2) is 11.9 Å². The highest BCUT2D eigenvalue weighted by atomic mass is 16.4. The number of hydrogen-bond donors (Lipinski definition) is 0. The molecule has 2 atom stereocenters. The minimum absolute atomic E-state index is 0.161. The lowest BCUT2D eigenvalue weighted by atomic mass is 9.91. The van der Waals surface area contributed by atoms with E-state index in [1.807, 2.05) is 0 Å². The molecule has 0 amide bonds. The van der Waals surface area contributed by atoms with Crippen molar-refractivity contribution in [1.82, 2.24) is 0 Å². The Morgan fingerprint density at radius 1 is 1.31 bits per heavy atom. The molecule has 0 saturated heterocycles. The lowest BCUT2D eigenvalue weighted by Crippen LogP contribution is -2.42. The smallest absolute Gasteiger partial charge is 0.0454 e. The third-order valence-corrected chi connectivity index (χ3v) is 1.90. The maximum Gasteiger partial charge on any atom is 0.0454 e. The first-order chi connectivity index (χ1) is 6.00. The molecule has 0 rings (SSSR count). The second-order valence-corrected chi connectivity index (χ2v) is 2.84.